The molecule has 3 aromatic heterocycles. The first kappa shape index (κ1) is 21.9. The van der Waals surface area contributed by atoms with Gasteiger partial charge in [-0.3, -0.25) is 15.0 Å². The fourth-order valence-corrected chi connectivity index (χ4v) is 5.35. The minimum Gasteiger partial charge on any atom is -0.337 e. The van der Waals surface area contributed by atoms with E-state index >= 15 is 0 Å². The van der Waals surface area contributed by atoms with Gasteiger partial charge in [0.05, 0.1) is 16.6 Å². The van der Waals surface area contributed by atoms with E-state index in [1.807, 2.05) is 42.7 Å². The number of nitrogens with one attached hydrogen (secondary N) is 2. The van der Waals surface area contributed by atoms with Gasteiger partial charge in [0.15, 0.2) is 5.82 Å². The lowest BCUT2D eigenvalue weighted by molar-refractivity contribution is 0.331. The number of pyridine rings is 1. The number of nitrogens with zero attached hydrogens (tertiary/aromatic N) is 4. The lowest BCUT2D eigenvalue weighted by Gasteiger charge is -2.14. The zero-order valence-corrected chi connectivity index (χ0v) is 20.2. The lowest BCUT2D eigenvalue weighted by atomic mass is 10.0. The van der Waals surface area contributed by atoms with E-state index in [9.17, 15) is 4.39 Å². The van der Waals surface area contributed by atoms with Crippen molar-refractivity contribution in [1.29, 1.82) is 0 Å². The Balaban J connectivity index is 1.29. The molecule has 2 N–H and O–H groups in total. The standard InChI is InChI=1S/C30H25FN6/c31-25-8-2-1-6-22(25)23-7-5-9-27-28(23)34-30(33-27)29-24-15-20(10-11-26(24)35-36-29)21-14-19(16-32-17-21)18-37-12-3-4-13-37/h1-2,5-11,14-17H,3-4,12-13,18H2,(H,33,34)(H,35,36). The van der Waals surface area contributed by atoms with Crippen LogP contribution in [0, 0.1) is 5.82 Å². The summed E-state index contributed by atoms with van der Waals surface area (Å²) in [5.41, 5.74) is 7.87. The predicted octanol–water partition coefficient (Wildman–Crippen LogP) is 6.57. The molecule has 0 amide bonds. The average molecular weight is 489 g/mol. The fourth-order valence-electron chi connectivity index (χ4n) is 5.35. The van der Waals surface area contributed by atoms with Gasteiger partial charge in [-0.05, 0) is 67.4 Å². The molecule has 0 radical (unpaired) electrons. The minimum absolute atomic E-state index is 0.269. The molecule has 0 bridgehead atoms. The number of hydrogen-bond donors (Lipinski definition) is 2. The number of rotatable bonds is 5. The van der Waals surface area contributed by atoms with E-state index in [1.165, 1.54) is 24.5 Å². The summed E-state index contributed by atoms with van der Waals surface area (Å²) < 4.78 is 14.6. The van der Waals surface area contributed by atoms with Crippen LogP contribution in [0.5, 0.6) is 0 Å². The van der Waals surface area contributed by atoms with Crippen LogP contribution in [0.3, 0.4) is 0 Å². The maximum atomic E-state index is 14.6. The smallest absolute Gasteiger partial charge is 0.159 e. The topological polar surface area (TPSA) is 73.5 Å². The third-order valence-electron chi connectivity index (χ3n) is 7.20. The molecule has 6 aromatic rings. The SMILES string of the molecule is Fc1ccccc1-c1cccc2[nH]c(-c3n[nH]c4ccc(-c5cncc(CN6CCCC6)c5)cc34)nc12. The number of benzene rings is 3. The largest absolute Gasteiger partial charge is 0.337 e. The van der Waals surface area contributed by atoms with Crippen molar-refractivity contribution in [1.82, 2.24) is 30.0 Å². The van der Waals surface area contributed by atoms with Gasteiger partial charge in [0.1, 0.15) is 11.5 Å². The van der Waals surface area contributed by atoms with Crippen molar-refractivity contribution in [2.45, 2.75) is 19.4 Å². The highest BCUT2D eigenvalue weighted by Crippen LogP contribution is 2.34. The Labute approximate surface area is 213 Å². The number of imidazole rings is 1. The summed E-state index contributed by atoms with van der Waals surface area (Å²) >= 11 is 0. The fraction of sp³-hybridized carbons (Fsp3) is 0.167. The number of likely N-dealkylation sites (tertiary alicyclic amines) is 1. The van der Waals surface area contributed by atoms with Crippen LogP contribution in [0.1, 0.15) is 18.4 Å². The Hall–Kier alpha value is -4.36. The number of halogens is 1. The van der Waals surface area contributed by atoms with Crippen molar-refractivity contribution in [2.24, 2.45) is 0 Å². The second-order valence-electron chi connectivity index (χ2n) is 9.66. The van der Waals surface area contributed by atoms with Gasteiger partial charge in [-0.25, -0.2) is 9.37 Å². The van der Waals surface area contributed by atoms with Gasteiger partial charge in [-0.2, -0.15) is 5.10 Å². The van der Waals surface area contributed by atoms with Gasteiger partial charge in [0, 0.05) is 41.0 Å². The normalized spacial score (nSPS) is 14.2. The van der Waals surface area contributed by atoms with Gasteiger partial charge < -0.3 is 4.98 Å². The highest BCUT2D eigenvalue weighted by atomic mass is 19.1. The summed E-state index contributed by atoms with van der Waals surface area (Å²) in [5.74, 6) is 0.373. The highest BCUT2D eigenvalue weighted by Gasteiger charge is 2.17. The second kappa shape index (κ2) is 8.94. The molecule has 0 saturated carbocycles. The molecule has 1 aliphatic heterocycles. The molecule has 0 aliphatic carbocycles. The molecule has 3 aromatic carbocycles. The van der Waals surface area contributed by atoms with Crippen LogP contribution in [0.2, 0.25) is 0 Å². The molecule has 37 heavy (non-hydrogen) atoms. The molecule has 4 heterocycles. The summed E-state index contributed by atoms with van der Waals surface area (Å²) in [7, 11) is 0. The second-order valence-corrected chi connectivity index (χ2v) is 9.66. The van der Waals surface area contributed by atoms with E-state index in [4.69, 9.17) is 4.98 Å². The Kier molecular flexibility index (Phi) is 5.29. The third-order valence-corrected chi connectivity index (χ3v) is 7.20. The van der Waals surface area contributed by atoms with Gasteiger partial charge in [-0.1, -0.05) is 36.4 Å². The first-order valence-electron chi connectivity index (χ1n) is 12.6. The van der Waals surface area contributed by atoms with E-state index in [-0.39, 0.29) is 5.82 Å². The summed E-state index contributed by atoms with van der Waals surface area (Å²) in [6.45, 7) is 3.25. The van der Waals surface area contributed by atoms with Crippen LogP contribution in [0.25, 0.3) is 55.7 Å². The lowest BCUT2D eigenvalue weighted by Crippen LogP contribution is -2.18. The number of H-pyrrole nitrogens is 2. The average Bonchev–Trinajstić information content (AvgIpc) is 3.68. The maximum Gasteiger partial charge on any atom is 0.159 e. The highest BCUT2D eigenvalue weighted by molar-refractivity contribution is 5.98. The number of para-hydroxylation sites is 1. The summed E-state index contributed by atoms with van der Waals surface area (Å²) in [5, 5.41) is 8.69. The Morgan fingerprint density at radius 3 is 2.59 bits per heavy atom. The van der Waals surface area contributed by atoms with Crippen LogP contribution in [-0.2, 0) is 6.54 Å². The quantitative estimate of drug-likeness (QED) is 0.288. The molecular weight excluding hydrogens is 463 g/mol. The third kappa shape index (κ3) is 3.97. The van der Waals surface area contributed by atoms with Gasteiger partial charge in [0.25, 0.3) is 0 Å². The first-order chi connectivity index (χ1) is 18.2. The van der Waals surface area contributed by atoms with Crippen LogP contribution < -0.4 is 0 Å². The summed E-state index contributed by atoms with van der Waals surface area (Å²) in [6.07, 6.45) is 6.43. The number of aromatic amines is 2. The molecule has 0 unspecified atom stereocenters. The number of fused-ring (bicyclic) bond motifs is 2. The predicted molar refractivity (Wildman–Crippen MR) is 144 cm³/mol. The Bertz CT molecular complexity index is 1740. The van der Waals surface area contributed by atoms with Crippen molar-refractivity contribution in [2.75, 3.05) is 13.1 Å². The molecule has 6 nitrogen and oxygen atoms in total. The van der Waals surface area contributed by atoms with E-state index in [2.05, 4.69) is 43.3 Å². The van der Waals surface area contributed by atoms with Crippen LogP contribution >= 0.6 is 0 Å². The molecule has 182 valence electrons. The molecule has 7 rings (SSSR count). The van der Waals surface area contributed by atoms with Crippen LogP contribution in [-0.4, -0.2) is 43.1 Å². The summed E-state index contributed by atoms with van der Waals surface area (Å²) in [6, 6.07) is 21.0. The van der Waals surface area contributed by atoms with Gasteiger partial charge in [-0.15, -0.1) is 0 Å². The summed E-state index contributed by atoms with van der Waals surface area (Å²) in [4.78, 5) is 15.3. The Morgan fingerprint density at radius 1 is 0.838 bits per heavy atom. The monoisotopic (exact) mass is 488 g/mol. The van der Waals surface area contributed by atoms with Crippen molar-refractivity contribution in [3.05, 3.63) is 90.5 Å². The number of aromatic nitrogens is 5. The molecule has 7 heteroatoms. The molecule has 1 fully saturated rings. The van der Waals surface area contributed by atoms with E-state index < -0.39 is 0 Å². The molecule has 0 spiro atoms. The van der Waals surface area contributed by atoms with Crippen molar-refractivity contribution >= 4 is 21.9 Å². The van der Waals surface area contributed by atoms with Crippen molar-refractivity contribution < 1.29 is 4.39 Å². The molecule has 1 aliphatic rings. The number of hydrogen-bond acceptors (Lipinski definition) is 4. The van der Waals surface area contributed by atoms with Crippen LogP contribution in [0.4, 0.5) is 4.39 Å². The maximum absolute atomic E-state index is 14.6. The van der Waals surface area contributed by atoms with E-state index in [1.54, 1.807) is 12.1 Å². The van der Waals surface area contributed by atoms with Crippen LogP contribution in [0.15, 0.2) is 79.1 Å². The van der Waals surface area contributed by atoms with Crippen molar-refractivity contribution in [3.63, 3.8) is 0 Å². The minimum atomic E-state index is -0.269. The zero-order valence-electron chi connectivity index (χ0n) is 20.2. The molecule has 0 atom stereocenters. The van der Waals surface area contributed by atoms with E-state index in [0.717, 1.165) is 58.4 Å². The zero-order chi connectivity index (χ0) is 24.8. The first-order valence-corrected chi connectivity index (χ1v) is 12.6. The molecular formula is C30H25FN6. The van der Waals surface area contributed by atoms with Gasteiger partial charge in [0.2, 0.25) is 0 Å². The Morgan fingerprint density at radius 2 is 1.70 bits per heavy atom. The van der Waals surface area contributed by atoms with Gasteiger partial charge >= 0.3 is 0 Å². The molecule has 1 saturated heterocycles. The van der Waals surface area contributed by atoms with E-state index in [0.29, 0.717) is 16.9 Å². The van der Waals surface area contributed by atoms with Crippen molar-refractivity contribution in [3.8, 4) is 33.8 Å².